The number of carboxylic acid groups (broad SMARTS) is 1. The van der Waals surface area contributed by atoms with Crippen molar-refractivity contribution in [3.05, 3.63) is 52.3 Å². The number of nitrogens with one attached hydrogen (secondary N) is 1. The van der Waals surface area contributed by atoms with E-state index in [1.807, 2.05) is 18.2 Å². The molecule has 1 aromatic carbocycles. The molecule has 1 amide bonds. The van der Waals surface area contributed by atoms with Crippen molar-refractivity contribution in [1.29, 1.82) is 0 Å². The van der Waals surface area contributed by atoms with Crippen LogP contribution in [0.15, 0.2) is 30.3 Å². The number of hydrogen-bond donors (Lipinski definition) is 2. The van der Waals surface area contributed by atoms with Gasteiger partial charge in [0.2, 0.25) is 0 Å². The molecular formula is C16H18ClN3O4. The van der Waals surface area contributed by atoms with Gasteiger partial charge < -0.3 is 15.2 Å². The Morgan fingerprint density at radius 3 is 2.58 bits per heavy atom. The molecule has 0 aliphatic heterocycles. The fraction of sp³-hybridized carbons (Fsp3) is 0.312. The Morgan fingerprint density at radius 1 is 1.38 bits per heavy atom. The van der Waals surface area contributed by atoms with Crippen LogP contribution in [-0.2, 0) is 29.6 Å². The van der Waals surface area contributed by atoms with E-state index in [9.17, 15) is 14.7 Å². The Labute approximate surface area is 144 Å². The highest BCUT2D eigenvalue weighted by Gasteiger charge is 2.25. The Balaban J connectivity index is 1.98. The Hall–Kier alpha value is -2.54. The Morgan fingerprint density at radius 2 is 2.04 bits per heavy atom. The molecule has 2 N–H and O–H groups in total. The first-order valence-corrected chi connectivity index (χ1v) is 7.64. The SMILES string of the molecule is Cc1nn(C)c(Cl)c1CC(NC(=O)OCc1ccccc1)C(=O)O. The summed E-state index contributed by atoms with van der Waals surface area (Å²) in [5.74, 6) is -1.18. The second kappa shape index (κ2) is 7.83. The van der Waals surface area contributed by atoms with E-state index in [0.717, 1.165) is 5.56 Å². The third-order valence-corrected chi connectivity index (χ3v) is 3.95. The van der Waals surface area contributed by atoms with Crippen LogP contribution in [0.1, 0.15) is 16.8 Å². The van der Waals surface area contributed by atoms with Crippen LogP contribution in [0.5, 0.6) is 0 Å². The summed E-state index contributed by atoms with van der Waals surface area (Å²) in [6.45, 7) is 1.79. The van der Waals surface area contributed by atoms with E-state index in [1.165, 1.54) is 4.68 Å². The van der Waals surface area contributed by atoms with Gasteiger partial charge in [0.1, 0.15) is 17.8 Å². The molecule has 0 radical (unpaired) electrons. The maximum absolute atomic E-state index is 11.8. The predicted octanol–water partition coefficient (Wildman–Crippen LogP) is 2.30. The van der Waals surface area contributed by atoms with Crippen LogP contribution < -0.4 is 5.32 Å². The number of aromatic nitrogens is 2. The molecular weight excluding hydrogens is 334 g/mol. The second-order valence-electron chi connectivity index (χ2n) is 5.28. The van der Waals surface area contributed by atoms with Crippen molar-refractivity contribution >= 4 is 23.7 Å². The Bertz CT molecular complexity index is 730. The number of benzene rings is 1. The molecule has 0 aliphatic rings. The number of alkyl carbamates (subject to hydrolysis) is 1. The van der Waals surface area contributed by atoms with Gasteiger partial charge in [-0.05, 0) is 12.5 Å². The number of aliphatic carboxylic acids is 1. The van der Waals surface area contributed by atoms with Crippen LogP contribution in [0.3, 0.4) is 0 Å². The van der Waals surface area contributed by atoms with E-state index >= 15 is 0 Å². The summed E-state index contributed by atoms with van der Waals surface area (Å²) in [7, 11) is 1.66. The molecule has 0 fully saturated rings. The third kappa shape index (κ3) is 4.48. The molecule has 0 saturated heterocycles. The second-order valence-corrected chi connectivity index (χ2v) is 5.64. The number of carboxylic acids is 1. The molecule has 0 bridgehead atoms. The van der Waals surface area contributed by atoms with Crippen molar-refractivity contribution in [2.24, 2.45) is 7.05 Å². The molecule has 128 valence electrons. The number of amides is 1. The zero-order chi connectivity index (χ0) is 17.7. The number of hydrogen-bond acceptors (Lipinski definition) is 4. The quantitative estimate of drug-likeness (QED) is 0.833. The summed E-state index contributed by atoms with van der Waals surface area (Å²) in [4.78, 5) is 23.2. The van der Waals surface area contributed by atoms with Crippen LogP contribution >= 0.6 is 11.6 Å². The molecule has 1 aromatic heterocycles. The lowest BCUT2D eigenvalue weighted by atomic mass is 10.1. The molecule has 24 heavy (non-hydrogen) atoms. The summed E-state index contributed by atoms with van der Waals surface area (Å²) in [6.07, 6.45) is -0.780. The van der Waals surface area contributed by atoms with E-state index in [2.05, 4.69) is 10.4 Å². The summed E-state index contributed by atoms with van der Waals surface area (Å²) in [5, 5.41) is 16.1. The number of carbonyl (C=O) groups excluding carboxylic acids is 1. The number of ether oxygens (including phenoxy) is 1. The van der Waals surface area contributed by atoms with E-state index in [0.29, 0.717) is 16.4 Å². The molecule has 2 rings (SSSR count). The van der Waals surface area contributed by atoms with Crippen molar-refractivity contribution < 1.29 is 19.4 Å². The third-order valence-electron chi connectivity index (χ3n) is 3.48. The molecule has 1 heterocycles. The molecule has 0 aliphatic carbocycles. The lowest BCUT2D eigenvalue weighted by Crippen LogP contribution is -2.42. The molecule has 0 saturated carbocycles. The van der Waals surface area contributed by atoms with Gasteiger partial charge in [-0.3, -0.25) is 4.68 Å². The van der Waals surface area contributed by atoms with Gasteiger partial charge in [-0.1, -0.05) is 41.9 Å². The highest BCUT2D eigenvalue weighted by molar-refractivity contribution is 6.30. The van der Waals surface area contributed by atoms with E-state index in [1.54, 1.807) is 26.1 Å². The van der Waals surface area contributed by atoms with Crippen LogP contribution in [0.25, 0.3) is 0 Å². The van der Waals surface area contributed by atoms with E-state index in [4.69, 9.17) is 16.3 Å². The number of rotatable bonds is 6. The maximum atomic E-state index is 11.8. The van der Waals surface area contributed by atoms with Gasteiger partial charge in [0.05, 0.1) is 5.69 Å². The molecule has 8 heteroatoms. The standard InChI is InChI=1S/C16H18ClN3O4/c1-10-12(14(17)20(2)19-10)8-13(15(21)22)18-16(23)24-9-11-6-4-3-5-7-11/h3-7,13H,8-9H2,1-2H3,(H,18,23)(H,21,22). The average Bonchev–Trinajstić information content (AvgIpc) is 2.79. The predicted molar refractivity (Wildman–Crippen MR) is 87.8 cm³/mol. The van der Waals surface area contributed by atoms with Crippen molar-refractivity contribution in [2.75, 3.05) is 0 Å². The van der Waals surface area contributed by atoms with Crippen LogP contribution in [-0.4, -0.2) is 33.0 Å². The summed E-state index contributed by atoms with van der Waals surface area (Å²) < 4.78 is 6.50. The Kier molecular flexibility index (Phi) is 5.81. The minimum Gasteiger partial charge on any atom is -0.480 e. The fourth-order valence-electron chi connectivity index (χ4n) is 2.22. The lowest BCUT2D eigenvalue weighted by molar-refractivity contribution is -0.139. The van der Waals surface area contributed by atoms with Gasteiger partial charge in [0.15, 0.2) is 0 Å². The van der Waals surface area contributed by atoms with Crippen molar-refractivity contribution in [1.82, 2.24) is 15.1 Å². The van der Waals surface area contributed by atoms with Gasteiger partial charge in [-0.2, -0.15) is 5.10 Å². The first-order chi connectivity index (χ1) is 11.4. The molecule has 7 nitrogen and oxygen atoms in total. The minimum absolute atomic E-state index is 0.0221. The molecule has 1 unspecified atom stereocenters. The zero-order valence-corrected chi connectivity index (χ0v) is 14.1. The average molecular weight is 352 g/mol. The molecule has 0 spiro atoms. The lowest BCUT2D eigenvalue weighted by Gasteiger charge is -2.14. The monoisotopic (exact) mass is 351 g/mol. The van der Waals surface area contributed by atoms with Gasteiger partial charge in [-0.25, -0.2) is 9.59 Å². The minimum atomic E-state index is -1.18. The number of carbonyl (C=O) groups is 2. The van der Waals surface area contributed by atoms with Crippen LogP contribution in [0.2, 0.25) is 5.15 Å². The fourth-order valence-corrected chi connectivity index (χ4v) is 2.47. The first-order valence-electron chi connectivity index (χ1n) is 7.26. The number of aryl methyl sites for hydroxylation is 2. The van der Waals surface area contributed by atoms with Gasteiger partial charge in [0.25, 0.3) is 0 Å². The van der Waals surface area contributed by atoms with Gasteiger partial charge in [-0.15, -0.1) is 0 Å². The smallest absolute Gasteiger partial charge is 0.408 e. The largest absolute Gasteiger partial charge is 0.480 e. The normalized spacial score (nSPS) is 11.8. The van der Waals surface area contributed by atoms with Crippen LogP contribution in [0.4, 0.5) is 4.79 Å². The zero-order valence-electron chi connectivity index (χ0n) is 13.3. The highest BCUT2D eigenvalue weighted by atomic mass is 35.5. The van der Waals surface area contributed by atoms with E-state index in [-0.39, 0.29) is 13.0 Å². The highest BCUT2D eigenvalue weighted by Crippen LogP contribution is 2.20. The van der Waals surface area contributed by atoms with Crippen molar-refractivity contribution in [2.45, 2.75) is 26.0 Å². The maximum Gasteiger partial charge on any atom is 0.408 e. The van der Waals surface area contributed by atoms with Crippen molar-refractivity contribution in [3.63, 3.8) is 0 Å². The first kappa shape index (κ1) is 17.8. The van der Waals surface area contributed by atoms with E-state index < -0.39 is 18.1 Å². The molecule has 1 atom stereocenters. The summed E-state index contributed by atoms with van der Waals surface area (Å²) in [6, 6.07) is 7.95. The topological polar surface area (TPSA) is 93.5 Å². The molecule has 2 aromatic rings. The van der Waals surface area contributed by atoms with Crippen molar-refractivity contribution in [3.8, 4) is 0 Å². The number of halogens is 1. The van der Waals surface area contributed by atoms with Gasteiger partial charge >= 0.3 is 12.1 Å². The summed E-state index contributed by atoms with van der Waals surface area (Å²) in [5.41, 5.74) is 2.01. The van der Waals surface area contributed by atoms with Crippen LogP contribution in [0, 0.1) is 6.92 Å². The number of nitrogens with zero attached hydrogens (tertiary/aromatic N) is 2. The summed E-state index contributed by atoms with van der Waals surface area (Å²) >= 11 is 6.10. The van der Waals surface area contributed by atoms with Gasteiger partial charge in [0, 0.05) is 19.0 Å².